The standard InChI is InChI=1S/C17H17ClFNO.ClH/c18-13-6-4-11(5-7-13)15-8-9-16(20-15)17(21)12-2-1-3-14(19)10-12;/h1-7,10,15-17,20-21H,8-9H2;1H/t15-,16+,17+;/m0./s1. The van der Waals surface area contributed by atoms with Gasteiger partial charge in [-0.05, 0) is 48.2 Å². The first-order valence-electron chi connectivity index (χ1n) is 7.08. The summed E-state index contributed by atoms with van der Waals surface area (Å²) in [6, 6.07) is 14.0. The molecule has 1 aliphatic rings. The van der Waals surface area contributed by atoms with Crippen LogP contribution in [0.1, 0.15) is 36.1 Å². The molecular weight excluding hydrogens is 324 g/mol. The van der Waals surface area contributed by atoms with E-state index >= 15 is 0 Å². The van der Waals surface area contributed by atoms with Gasteiger partial charge in [0.05, 0.1) is 6.10 Å². The summed E-state index contributed by atoms with van der Waals surface area (Å²) in [7, 11) is 0. The molecular formula is C17H18Cl2FNO. The van der Waals surface area contributed by atoms with E-state index in [9.17, 15) is 9.50 Å². The molecule has 3 atom stereocenters. The molecule has 0 amide bonds. The van der Waals surface area contributed by atoms with Crippen LogP contribution in [0.15, 0.2) is 48.5 Å². The third-order valence-electron chi connectivity index (χ3n) is 4.03. The third-order valence-corrected chi connectivity index (χ3v) is 4.28. The maximum atomic E-state index is 13.2. The predicted octanol–water partition coefficient (Wildman–Crippen LogP) is 4.43. The van der Waals surface area contributed by atoms with E-state index in [1.807, 2.05) is 24.3 Å². The fourth-order valence-electron chi connectivity index (χ4n) is 2.90. The van der Waals surface area contributed by atoms with Gasteiger partial charge in [0, 0.05) is 17.1 Å². The lowest BCUT2D eigenvalue weighted by atomic mass is 10.0. The monoisotopic (exact) mass is 341 g/mol. The van der Waals surface area contributed by atoms with Crippen LogP contribution in [0.2, 0.25) is 5.02 Å². The highest BCUT2D eigenvalue weighted by molar-refractivity contribution is 6.30. The van der Waals surface area contributed by atoms with E-state index < -0.39 is 6.10 Å². The smallest absolute Gasteiger partial charge is 0.123 e. The topological polar surface area (TPSA) is 32.3 Å². The molecule has 0 bridgehead atoms. The lowest BCUT2D eigenvalue weighted by molar-refractivity contribution is 0.135. The van der Waals surface area contributed by atoms with Crippen molar-refractivity contribution in [3.8, 4) is 0 Å². The molecule has 1 saturated heterocycles. The van der Waals surface area contributed by atoms with E-state index in [1.165, 1.54) is 12.1 Å². The molecule has 118 valence electrons. The highest BCUT2D eigenvalue weighted by atomic mass is 35.5. The van der Waals surface area contributed by atoms with Crippen molar-refractivity contribution in [2.45, 2.75) is 31.0 Å². The molecule has 22 heavy (non-hydrogen) atoms. The molecule has 2 nitrogen and oxygen atoms in total. The Hall–Kier alpha value is -1.13. The van der Waals surface area contributed by atoms with Crippen molar-refractivity contribution in [3.05, 3.63) is 70.5 Å². The van der Waals surface area contributed by atoms with Crippen LogP contribution in [0.5, 0.6) is 0 Å². The van der Waals surface area contributed by atoms with E-state index in [-0.39, 0.29) is 30.3 Å². The lowest BCUT2D eigenvalue weighted by Gasteiger charge is -2.20. The first-order valence-corrected chi connectivity index (χ1v) is 7.46. The first-order chi connectivity index (χ1) is 10.1. The van der Waals surface area contributed by atoms with Crippen LogP contribution in [0.4, 0.5) is 4.39 Å². The summed E-state index contributed by atoms with van der Waals surface area (Å²) in [6.07, 6.45) is 1.10. The number of benzene rings is 2. The van der Waals surface area contributed by atoms with Gasteiger partial charge in [0.15, 0.2) is 0 Å². The second-order valence-corrected chi connectivity index (χ2v) is 5.89. The summed E-state index contributed by atoms with van der Waals surface area (Å²) in [6.45, 7) is 0. The van der Waals surface area contributed by atoms with Gasteiger partial charge in [0.25, 0.3) is 0 Å². The lowest BCUT2D eigenvalue weighted by Crippen LogP contribution is -2.30. The van der Waals surface area contributed by atoms with Gasteiger partial charge in [-0.1, -0.05) is 35.9 Å². The molecule has 2 N–H and O–H groups in total. The van der Waals surface area contributed by atoms with Crippen molar-refractivity contribution >= 4 is 24.0 Å². The van der Waals surface area contributed by atoms with Gasteiger partial charge in [-0.15, -0.1) is 12.4 Å². The highest BCUT2D eigenvalue weighted by Gasteiger charge is 2.30. The summed E-state index contributed by atoms with van der Waals surface area (Å²) in [5.41, 5.74) is 1.78. The molecule has 0 aromatic heterocycles. The maximum absolute atomic E-state index is 13.2. The minimum absolute atomic E-state index is 0. The van der Waals surface area contributed by atoms with Crippen molar-refractivity contribution in [2.75, 3.05) is 0 Å². The molecule has 1 aliphatic heterocycles. The molecule has 2 aromatic carbocycles. The third kappa shape index (κ3) is 3.79. The Morgan fingerprint density at radius 2 is 1.86 bits per heavy atom. The van der Waals surface area contributed by atoms with Gasteiger partial charge in [-0.25, -0.2) is 4.39 Å². The van der Waals surface area contributed by atoms with E-state index in [1.54, 1.807) is 12.1 Å². The SMILES string of the molecule is Cl.O[C@H](c1cccc(F)c1)[C@H]1CC[C@@H](c2ccc(Cl)cc2)N1. The Morgan fingerprint density at radius 1 is 1.14 bits per heavy atom. The van der Waals surface area contributed by atoms with Crippen LogP contribution < -0.4 is 5.32 Å². The van der Waals surface area contributed by atoms with Gasteiger partial charge in [-0.3, -0.25) is 0 Å². The zero-order valence-corrected chi connectivity index (χ0v) is 13.4. The first kappa shape index (κ1) is 17.2. The van der Waals surface area contributed by atoms with Gasteiger partial charge < -0.3 is 10.4 Å². The predicted molar refractivity (Wildman–Crippen MR) is 89.0 cm³/mol. The second-order valence-electron chi connectivity index (χ2n) is 5.45. The molecule has 3 rings (SSSR count). The molecule has 1 fully saturated rings. The molecule has 0 aliphatic carbocycles. The van der Waals surface area contributed by atoms with E-state index in [4.69, 9.17) is 11.6 Å². The zero-order chi connectivity index (χ0) is 14.8. The Bertz CT molecular complexity index is 620. The van der Waals surface area contributed by atoms with Gasteiger partial charge >= 0.3 is 0 Å². The fourth-order valence-corrected chi connectivity index (χ4v) is 3.03. The Kier molecular flexibility index (Phi) is 5.81. The van der Waals surface area contributed by atoms with Crippen molar-refractivity contribution < 1.29 is 9.50 Å². The second kappa shape index (κ2) is 7.42. The normalized spacial score (nSPS) is 22.1. The zero-order valence-electron chi connectivity index (χ0n) is 11.9. The number of hydrogen-bond donors (Lipinski definition) is 2. The average Bonchev–Trinajstić information content (AvgIpc) is 2.97. The van der Waals surface area contributed by atoms with Crippen LogP contribution in [0.25, 0.3) is 0 Å². The van der Waals surface area contributed by atoms with E-state index in [2.05, 4.69) is 5.32 Å². The van der Waals surface area contributed by atoms with Gasteiger partial charge in [-0.2, -0.15) is 0 Å². The van der Waals surface area contributed by atoms with Crippen molar-refractivity contribution in [2.24, 2.45) is 0 Å². The quantitative estimate of drug-likeness (QED) is 0.865. The van der Waals surface area contributed by atoms with Crippen molar-refractivity contribution in [3.63, 3.8) is 0 Å². The molecule has 0 saturated carbocycles. The number of hydrogen-bond acceptors (Lipinski definition) is 2. The highest BCUT2D eigenvalue weighted by Crippen LogP contribution is 2.32. The van der Waals surface area contributed by atoms with Crippen LogP contribution in [-0.2, 0) is 0 Å². The Labute approximate surface area is 140 Å². The molecule has 0 unspecified atom stereocenters. The Balaban J connectivity index is 0.00000176. The van der Waals surface area contributed by atoms with Gasteiger partial charge in [0.2, 0.25) is 0 Å². The summed E-state index contributed by atoms with van der Waals surface area (Å²) >= 11 is 5.90. The summed E-state index contributed by atoms with van der Waals surface area (Å²) in [5.74, 6) is -0.321. The summed E-state index contributed by atoms with van der Waals surface area (Å²) in [4.78, 5) is 0. The average molecular weight is 342 g/mol. The van der Waals surface area contributed by atoms with Crippen LogP contribution in [-0.4, -0.2) is 11.1 Å². The van der Waals surface area contributed by atoms with E-state index in [0.717, 1.165) is 18.4 Å². The Morgan fingerprint density at radius 3 is 2.55 bits per heavy atom. The number of nitrogens with one attached hydrogen (secondary N) is 1. The maximum Gasteiger partial charge on any atom is 0.123 e. The molecule has 0 radical (unpaired) electrons. The largest absolute Gasteiger partial charge is 0.387 e. The fraction of sp³-hybridized carbons (Fsp3) is 0.294. The molecule has 5 heteroatoms. The van der Waals surface area contributed by atoms with Crippen LogP contribution in [0.3, 0.4) is 0 Å². The summed E-state index contributed by atoms with van der Waals surface area (Å²) in [5, 5.41) is 14.5. The minimum atomic E-state index is -0.696. The van der Waals surface area contributed by atoms with Crippen LogP contribution >= 0.6 is 24.0 Å². The number of halogens is 3. The van der Waals surface area contributed by atoms with Gasteiger partial charge in [0.1, 0.15) is 5.82 Å². The van der Waals surface area contributed by atoms with Crippen LogP contribution in [0, 0.1) is 5.82 Å². The number of aliphatic hydroxyl groups is 1. The molecule has 0 spiro atoms. The van der Waals surface area contributed by atoms with Crippen molar-refractivity contribution in [1.82, 2.24) is 5.32 Å². The number of rotatable bonds is 3. The molecule has 1 heterocycles. The van der Waals surface area contributed by atoms with Crippen molar-refractivity contribution in [1.29, 1.82) is 0 Å². The summed E-state index contributed by atoms with van der Waals surface area (Å²) < 4.78 is 13.2. The minimum Gasteiger partial charge on any atom is -0.387 e. The molecule has 2 aromatic rings. The van der Waals surface area contributed by atoms with E-state index in [0.29, 0.717) is 10.6 Å². The number of aliphatic hydroxyl groups excluding tert-OH is 1.